The highest BCUT2D eigenvalue weighted by molar-refractivity contribution is 5.96. The second kappa shape index (κ2) is 3.26. The molecule has 3 saturated carbocycles. The summed E-state index contributed by atoms with van der Waals surface area (Å²) in [5.41, 5.74) is -0.167. The van der Waals surface area contributed by atoms with Gasteiger partial charge in [-0.15, -0.1) is 0 Å². The maximum atomic E-state index is 12.6. The number of rotatable bonds is 0. The van der Waals surface area contributed by atoms with Gasteiger partial charge < -0.3 is 0 Å². The van der Waals surface area contributed by atoms with Crippen LogP contribution in [0.3, 0.4) is 0 Å². The zero-order valence-electron chi connectivity index (χ0n) is 12.0. The lowest BCUT2D eigenvalue weighted by atomic mass is 9.37. The number of fused-ring (bicyclic) bond motifs is 3. The van der Waals surface area contributed by atoms with Gasteiger partial charge in [0.25, 0.3) is 0 Å². The molecule has 3 aliphatic carbocycles. The minimum atomic E-state index is -0.233. The van der Waals surface area contributed by atoms with Crippen molar-refractivity contribution in [2.45, 2.75) is 59.8 Å². The fourth-order valence-electron chi connectivity index (χ4n) is 5.35. The molecule has 1 unspecified atom stereocenters. The summed E-state index contributed by atoms with van der Waals surface area (Å²) >= 11 is 0. The van der Waals surface area contributed by atoms with Crippen LogP contribution in [-0.4, -0.2) is 11.6 Å². The van der Waals surface area contributed by atoms with Gasteiger partial charge in [0.15, 0.2) is 0 Å². The van der Waals surface area contributed by atoms with Gasteiger partial charge in [-0.05, 0) is 36.5 Å². The number of hydrogen-bond acceptors (Lipinski definition) is 2. The molecule has 0 aliphatic heterocycles. The maximum absolute atomic E-state index is 12.6. The Hall–Kier alpha value is -0.660. The van der Waals surface area contributed by atoms with E-state index in [4.69, 9.17) is 0 Å². The highest BCUT2D eigenvalue weighted by atomic mass is 16.1. The number of carbonyl (C=O) groups excluding carboxylic acids is 2. The third kappa shape index (κ3) is 1.20. The summed E-state index contributed by atoms with van der Waals surface area (Å²) in [5.74, 6) is 1.60. The first-order valence-electron chi connectivity index (χ1n) is 7.29. The van der Waals surface area contributed by atoms with Crippen molar-refractivity contribution in [2.24, 2.45) is 28.1 Å². The summed E-state index contributed by atoms with van der Waals surface area (Å²) < 4.78 is 0. The molecule has 0 N–H and O–H groups in total. The molecule has 18 heavy (non-hydrogen) atoms. The average molecular weight is 248 g/mol. The van der Waals surface area contributed by atoms with Crippen molar-refractivity contribution in [1.29, 1.82) is 0 Å². The van der Waals surface area contributed by atoms with Crippen molar-refractivity contribution in [3.8, 4) is 0 Å². The molecular weight excluding hydrogens is 224 g/mol. The molecule has 4 atom stereocenters. The van der Waals surface area contributed by atoms with Gasteiger partial charge in [0.1, 0.15) is 11.6 Å². The Morgan fingerprint density at radius 1 is 0.944 bits per heavy atom. The van der Waals surface area contributed by atoms with Crippen molar-refractivity contribution in [1.82, 2.24) is 0 Å². The summed E-state index contributed by atoms with van der Waals surface area (Å²) in [7, 11) is 0. The smallest absolute Gasteiger partial charge is 0.139 e. The van der Waals surface area contributed by atoms with E-state index in [0.29, 0.717) is 36.2 Å². The van der Waals surface area contributed by atoms with E-state index in [1.54, 1.807) is 0 Å². The predicted octanol–water partition coefficient (Wildman–Crippen LogP) is 3.39. The van der Waals surface area contributed by atoms with Crippen LogP contribution >= 0.6 is 0 Å². The van der Waals surface area contributed by atoms with Gasteiger partial charge in [-0.3, -0.25) is 9.59 Å². The van der Waals surface area contributed by atoms with E-state index in [1.807, 2.05) is 0 Å². The van der Waals surface area contributed by atoms with Crippen LogP contribution in [0.2, 0.25) is 0 Å². The minimum Gasteiger partial charge on any atom is -0.299 e. The Labute approximate surface area is 110 Å². The van der Waals surface area contributed by atoms with Crippen LogP contribution in [0.1, 0.15) is 59.8 Å². The summed E-state index contributed by atoms with van der Waals surface area (Å²) in [5, 5.41) is 0. The Bertz CT molecular complexity index is 436. The molecule has 100 valence electrons. The van der Waals surface area contributed by atoms with Crippen LogP contribution in [0, 0.1) is 28.1 Å². The summed E-state index contributed by atoms with van der Waals surface area (Å²) in [6.07, 6.45) is 4.41. The predicted molar refractivity (Wildman–Crippen MR) is 70.1 cm³/mol. The van der Waals surface area contributed by atoms with E-state index in [9.17, 15) is 9.59 Å². The topological polar surface area (TPSA) is 34.1 Å². The maximum Gasteiger partial charge on any atom is 0.139 e. The molecule has 2 heteroatoms. The van der Waals surface area contributed by atoms with Crippen molar-refractivity contribution >= 4 is 11.6 Å². The molecule has 0 amide bonds. The van der Waals surface area contributed by atoms with Crippen LogP contribution in [0.4, 0.5) is 0 Å². The van der Waals surface area contributed by atoms with Crippen molar-refractivity contribution < 1.29 is 9.59 Å². The molecule has 0 bridgehead atoms. The highest BCUT2D eigenvalue weighted by Crippen LogP contribution is 2.67. The molecule has 0 aromatic carbocycles. The fraction of sp³-hybridized carbons (Fsp3) is 0.875. The van der Waals surface area contributed by atoms with Crippen LogP contribution < -0.4 is 0 Å². The third-order valence-electron chi connectivity index (χ3n) is 6.74. The van der Waals surface area contributed by atoms with Crippen LogP contribution in [-0.2, 0) is 9.59 Å². The van der Waals surface area contributed by atoms with Crippen LogP contribution in [0.25, 0.3) is 0 Å². The molecule has 2 nitrogen and oxygen atoms in total. The lowest BCUT2D eigenvalue weighted by molar-refractivity contribution is -0.189. The molecule has 0 saturated heterocycles. The monoisotopic (exact) mass is 248 g/mol. The number of carbonyl (C=O) groups is 2. The molecule has 0 radical (unpaired) electrons. The molecule has 0 aromatic heterocycles. The van der Waals surface area contributed by atoms with E-state index in [0.717, 1.165) is 19.3 Å². The molecule has 0 heterocycles. The lowest BCUT2D eigenvalue weighted by Crippen LogP contribution is -2.66. The zero-order valence-corrected chi connectivity index (χ0v) is 12.0. The quantitative estimate of drug-likeness (QED) is 0.658. The van der Waals surface area contributed by atoms with Crippen molar-refractivity contribution in [3.63, 3.8) is 0 Å². The third-order valence-corrected chi connectivity index (χ3v) is 6.74. The lowest BCUT2D eigenvalue weighted by Gasteiger charge is -2.64. The van der Waals surface area contributed by atoms with Gasteiger partial charge in [0, 0.05) is 23.7 Å². The molecule has 3 fully saturated rings. The first kappa shape index (κ1) is 12.4. The Morgan fingerprint density at radius 2 is 1.61 bits per heavy atom. The van der Waals surface area contributed by atoms with Crippen molar-refractivity contribution in [3.05, 3.63) is 0 Å². The second-order valence-electron chi connectivity index (χ2n) is 7.88. The van der Waals surface area contributed by atoms with Gasteiger partial charge in [-0.25, -0.2) is 0 Å². The van der Waals surface area contributed by atoms with E-state index < -0.39 is 0 Å². The van der Waals surface area contributed by atoms with Gasteiger partial charge in [0.2, 0.25) is 0 Å². The normalized spacial score (nSPS) is 50.2. The Kier molecular flexibility index (Phi) is 2.24. The van der Waals surface area contributed by atoms with Crippen LogP contribution in [0.5, 0.6) is 0 Å². The summed E-state index contributed by atoms with van der Waals surface area (Å²) in [6.45, 7) is 8.88. The molecular formula is C16H24O2. The first-order valence-corrected chi connectivity index (χ1v) is 7.29. The van der Waals surface area contributed by atoms with Crippen molar-refractivity contribution in [2.75, 3.05) is 0 Å². The number of Topliss-reactive ketones (excluding diaryl/α,β-unsaturated/α-hetero) is 2. The highest BCUT2D eigenvalue weighted by Gasteiger charge is 2.68. The first-order chi connectivity index (χ1) is 8.23. The SMILES string of the molecule is CC1(C)CCC(=O)[C@]2(C)C1CC[C@@]1(C)C(=O)C[C@H]12. The van der Waals surface area contributed by atoms with E-state index in [2.05, 4.69) is 27.7 Å². The molecule has 3 aliphatic rings. The number of ketones is 2. The van der Waals surface area contributed by atoms with Gasteiger partial charge in [0.05, 0.1) is 0 Å². The largest absolute Gasteiger partial charge is 0.299 e. The summed E-state index contributed by atoms with van der Waals surface area (Å²) in [4.78, 5) is 24.5. The standard InChI is InChI=1S/C16H24O2/c1-14(2)7-6-12(17)16(4)10(14)5-8-15(3)11(16)9-13(15)18/h10-11H,5-9H2,1-4H3/t10?,11-,15-,16-/m1/s1. The second-order valence-corrected chi connectivity index (χ2v) is 7.88. The average Bonchev–Trinajstić information content (AvgIpc) is 2.29. The minimum absolute atomic E-state index is 0.186. The number of hydrogen-bond donors (Lipinski definition) is 0. The van der Waals surface area contributed by atoms with E-state index in [-0.39, 0.29) is 16.2 Å². The Morgan fingerprint density at radius 3 is 2.22 bits per heavy atom. The van der Waals surface area contributed by atoms with Gasteiger partial charge >= 0.3 is 0 Å². The fourth-order valence-corrected chi connectivity index (χ4v) is 5.35. The van der Waals surface area contributed by atoms with Gasteiger partial charge in [-0.2, -0.15) is 0 Å². The van der Waals surface area contributed by atoms with Gasteiger partial charge in [-0.1, -0.05) is 27.7 Å². The zero-order chi connectivity index (χ0) is 13.3. The van der Waals surface area contributed by atoms with Crippen LogP contribution in [0.15, 0.2) is 0 Å². The molecule has 0 spiro atoms. The van der Waals surface area contributed by atoms with E-state index in [1.165, 1.54) is 0 Å². The Balaban J connectivity index is 2.05. The molecule has 3 rings (SSSR count). The molecule has 0 aromatic rings. The van der Waals surface area contributed by atoms with E-state index >= 15 is 0 Å². The summed E-state index contributed by atoms with van der Waals surface area (Å²) in [6, 6.07) is 0.